The van der Waals surface area contributed by atoms with Crippen LogP contribution in [0.15, 0.2) is 30.5 Å². The first-order valence-electron chi connectivity index (χ1n) is 8.72. The zero-order chi connectivity index (χ0) is 18.0. The molecule has 5 nitrogen and oxygen atoms in total. The highest BCUT2D eigenvalue weighted by Crippen LogP contribution is 2.32. The average Bonchev–Trinajstić information content (AvgIpc) is 2.89. The van der Waals surface area contributed by atoms with Crippen LogP contribution in [0, 0.1) is 6.92 Å². The summed E-state index contributed by atoms with van der Waals surface area (Å²) in [4.78, 5) is 16.4. The second kappa shape index (κ2) is 7.13. The van der Waals surface area contributed by atoms with Crippen LogP contribution in [0.4, 0.5) is 0 Å². The van der Waals surface area contributed by atoms with E-state index in [0.29, 0.717) is 6.42 Å². The van der Waals surface area contributed by atoms with Gasteiger partial charge in [-0.3, -0.25) is 9.78 Å². The van der Waals surface area contributed by atoms with Gasteiger partial charge in [0.25, 0.3) is 0 Å². The Bertz CT molecular complexity index is 912. The van der Waals surface area contributed by atoms with Crippen LogP contribution in [0.2, 0.25) is 0 Å². The molecule has 5 heteroatoms. The summed E-state index contributed by atoms with van der Waals surface area (Å²) in [5.74, 6) is 0.933. The van der Waals surface area contributed by atoms with E-state index in [1.807, 2.05) is 33.0 Å². The average molecular weight is 339 g/mol. The molecule has 0 radical (unpaired) electrons. The predicted molar refractivity (Wildman–Crippen MR) is 101 cm³/mol. The van der Waals surface area contributed by atoms with Crippen LogP contribution in [0.25, 0.3) is 21.8 Å². The molecule has 0 unspecified atom stereocenters. The maximum absolute atomic E-state index is 11.9. The number of hydrogen-bond acceptors (Lipinski definition) is 3. The van der Waals surface area contributed by atoms with Gasteiger partial charge in [0, 0.05) is 42.0 Å². The number of hydrogen-bond donors (Lipinski definition) is 1. The van der Waals surface area contributed by atoms with Crippen LogP contribution in [0.1, 0.15) is 32.4 Å². The number of aryl methyl sites for hydroxylation is 2. The fraction of sp³-hybridized carbons (Fsp3) is 0.400. The summed E-state index contributed by atoms with van der Waals surface area (Å²) in [6.45, 7) is 6.75. The number of aromatic nitrogens is 2. The molecule has 0 bridgehead atoms. The lowest BCUT2D eigenvalue weighted by molar-refractivity contribution is -0.121. The van der Waals surface area contributed by atoms with Gasteiger partial charge in [0.2, 0.25) is 5.91 Å². The second-order valence-corrected chi connectivity index (χ2v) is 6.65. The van der Waals surface area contributed by atoms with Crippen molar-refractivity contribution < 1.29 is 9.53 Å². The van der Waals surface area contributed by atoms with E-state index in [0.717, 1.165) is 35.4 Å². The number of pyridine rings is 1. The number of rotatable bonds is 6. The third-order valence-electron chi connectivity index (χ3n) is 4.40. The topological polar surface area (TPSA) is 56.2 Å². The zero-order valence-electron chi connectivity index (χ0n) is 15.3. The first-order valence-corrected chi connectivity index (χ1v) is 8.72. The van der Waals surface area contributed by atoms with Gasteiger partial charge in [0.05, 0.1) is 23.8 Å². The van der Waals surface area contributed by atoms with Crippen LogP contribution in [0.3, 0.4) is 0 Å². The lowest BCUT2D eigenvalue weighted by Crippen LogP contribution is -2.29. The normalized spacial score (nSPS) is 11.4. The van der Waals surface area contributed by atoms with E-state index in [2.05, 4.69) is 33.1 Å². The quantitative estimate of drug-likeness (QED) is 0.743. The maximum Gasteiger partial charge on any atom is 0.220 e. The van der Waals surface area contributed by atoms with E-state index in [1.54, 1.807) is 7.11 Å². The SMILES string of the molecule is COc1ccc2c3ccnc(C)c3n(CCCC(=O)NC(C)C)c2c1. The van der Waals surface area contributed by atoms with Gasteiger partial charge < -0.3 is 14.6 Å². The molecule has 0 aliphatic rings. The van der Waals surface area contributed by atoms with E-state index >= 15 is 0 Å². The van der Waals surface area contributed by atoms with Gasteiger partial charge in [-0.05, 0) is 45.4 Å². The molecule has 2 heterocycles. The molecule has 0 saturated heterocycles. The Morgan fingerprint density at radius 2 is 2.08 bits per heavy atom. The van der Waals surface area contributed by atoms with E-state index in [1.165, 1.54) is 10.8 Å². The molecule has 3 rings (SSSR count). The Labute approximate surface area is 148 Å². The third kappa shape index (κ3) is 3.45. The lowest BCUT2D eigenvalue weighted by atomic mass is 10.1. The van der Waals surface area contributed by atoms with E-state index < -0.39 is 0 Å². The van der Waals surface area contributed by atoms with Crippen molar-refractivity contribution in [2.45, 2.75) is 46.2 Å². The van der Waals surface area contributed by atoms with Crippen molar-refractivity contribution in [3.8, 4) is 5.75 Å². The number of carbonyl (C=O) groups excluding carboxylic acids is 1. The minimum Gasteiger partial charge on any atom is -0.497 e. The Morgan fingerprint density at radius 1 is 1.28 bits per heavy atom. The molecule has 0 aliphatic carbocycles. The molecule has 1 N–H and O–H groups in total. The summed E-state index contributed by atoms with van der Waals surface area (Å²) in [5, 5.41) is 5.33. The van der Waals surface area contributed by atoms with Crippen LogP contribution < -0.4 is 10.1 Å². The summed E-state index contributed by atoms with van der Waals surface area (Å²) < 4.78 is 7.66. The van der Waals surface area contributed by atoms with Crippen molar-refractivity contribution in [1.82, 2.24) is 14.9 Å². The van der Waals surface area contributed by atoms with Crippen molar-refractivity contribution in [2.75, 3.05) is 7.11 Å². The molecule has 1 amide bonds. The van der Waals surface area contributed by atoms with Gasteiger partial charge in [-0.25, -0.2) is 0 Å². The summed E-state index contributed by atoms with van der Waals surface area (Å²) in [6, 6.07) is 8.37. The van der Waals surface area contributed by atoms with Crippen molar-refractivity contribution in [3.63, 3.8) is 0 Å². The van der Waals surface area contributed by atoms with Crippen LogP contribution in [-0.2, 0) is 11.3 Å². The van der Waals surface area contributed by atoms with Gasteiger partial charge >= 0.3 is 0 Å². The number of methoxy groups -OCH3 is 1. The highest BCUT2D eigenvalue weighted by molar-refractivity contribution is 6.09. The predicted octanol–water partition coefficient (Wildman–Crippen LogP) is 3.81. The number of fused-ring (bicyclic) bond motifs is 3. The summed E-state index contributed by atoms with van der Waals surface area (Å²) >= 11 is 0. The highest BCUT2D eigenvalue weighted by Gasteiger charge is 2.14. The minimum absolute atomic E-state index is 0.100. The number of ether oxygens (including phenoxy) is 1. The number of amides is 1. The van der Waals surface area contributed by atoms with Gasteiger partial charge in [-0.2, -0.15) is 0 Å². The van der Waals surface area contributed by atoms with Crippen molar-refractivity contribution in [2.24, 2.45) is 0 Å². The molecule has 25 heavy (non-hydrogen) atoms. The van der Waals surface area contributed by atoms with E-state index in [4.69, 9.17) is 4.74 Å². The second-order valence-electron chi connectivity index (χ2n) is 6.65. The highest BCUT2D eigenvalue weighted by atomic mass is 16.5. The number of benzene rings is 1. The molecule has 2 aromatic heterocycles. The molecule has 1 aromatic carbocycles. The van der Waals surface area contributed by atoms with Gasteiger partial charge in [-0.1, -0.05) is 0 Å². The standard InChI is InChI=1S/C20H25N3O2/c1-13(2)22-19(24)6-5-11-23-18-12-15(25-4)7-8-16(18)17-9-10-21-14(3)20(17)23/h7-10,12-13H,5-6,11H2,1-4H3,(H,22,24). The molecule has 0 fully saturated rings. The van der Waals surface area contributed by atoms with Gasteiger partial charge in [-0.15, -0.1) is 0 Å². The fourth-order valence-electron chi connectivity index (χ4n) is 3.35. The van der Waals surface area contributed by atoms with Gasteiger partial charge in [0.1, 0.15) is 5.75 Å². The zero-order valence-corrected chi connectivity index (χ0v) is 15.3. The first-order chi connectivity index (χ1) is 12.0. The van der Waals surface area contributed by atoms with Crippen LogP contribution >= 0.6 is 0 Å². The molecular weight excluding hydrogens is 314 g/mol. The minimum atomic E-state index is 0.100. The summed E-state index contributed by atoms with van der Waals surface area (Å²) in [7, 11) is 1.68. The van der Waals surface area contributed by atoms with Crippen molar-refractivity contribution in [1.29, 1.82) is 0 Å². The molecular formula is C20H25N3O2. The molecule has 0 atom stereocenters. The van der Waals surface area contributed by atoms with Crippen LogP contribution in [0.5, 0.6) is 5.75 Å². The van der Waals surface area contributed by atoms with Crippen molar-refractivity contribution in [3.05, 3.63) is 36.2 Å². The molecule has 0 spiro atoms. The number of nitrogens with one attached hydrogen (secondary N) is 1. The Kier molecular flexibility index (Phi) is 4.93. The van der Waals surface area contributed by atoms with E-state index in [-0.39, 0.29) is 11.9 Å². The smallest absolute Gasteiger partial charge is 0.220 e. The molecule has 0 saturated carbocycles. The Hall–Kier alpha value is -2.56. The number of nitrogens with zero attached hydrogens (tertiary/aromatic N) is 2. The summed E-state index contributed by atoms with van der Waals surface area (Å²) in [5.41, 5.74) is 3.25. The third-order valence-corrected chi connectivity index (χ3v) is 4.40. The molecule has 3 aromatic rings. The first kappa shape index (κ1) is 17.3. The molecule has 0 aliphatic heterocycles. The number of carbonyl (C=O) groups is 1. The van der Waals surface area contributed by atoms with Gasteiger partial charge in [0.15, 0.2) is 0 Å². The maximum atomic E-state index is 11.9. The molecule has 132 valence electrons. The lowest BCUT2D eigenvalue weighted by Gasteiger charge is -2.11. The fourth-order valence-corrected chi connectivity index (χ4v) is 3.35. The van der Waals surface area contributed by atoms with Crippen LogP contribution in [-0.4, -0.2) is 28.6 Å². The largest absolute Gasteiger partial charge is 0.497 e. The summed E-state index contributed by atoms with van der Waals surface area (Å²) in [6.07, 6.45) is 3.15. The van der Waals surface area contributed by atoms with E-state index in [9.17, 15) is 4.79 Å². The van der Waals surface area contributed by atoms with Crippen molar-refractivity contribution >= 4 is 27.7 Å². The monoisotopic (exact) mass is 339 g/mol. The Balaban J connectivity index is 1.97. The Morgan fingerprint density at radius 3 is 2.80 bits per heavy atom.